The van der Waals surface area contributed by atoms with Gasteiger partial charge in [0, 0.05) is 17.0 Å². The molecule has 3 fully saturated rings. The monoisotopic (exact) mass is 744 g/mol. The summed E-state index contributed by atoms with van der Waals surface area (Å²) in [5.41, 5.74) is 1.87. The van der Waals surface area contributed by atoms with Crippen molar-refractivity contribution in [2.24, 2.45) is 28.3 Å². The summed E-state index contributed by atoms with van der Waals surface area (Å²) in [6.07, 6.45) is 5.42. The molecule has 14 heteroatoms. The predicted octanol–water partition coefficient (Wildman–Crippen LogP) is 3.52. The van der Waals surface area contributed by atoms with Crippen molar-refractivity contribution in [3.05, 3.63) is 78.4 Å². The molecular weight excluding hydrogens is 701 g/mol. The average Bonchev–Trinajstić information content (AvgIpc) is 4.03. The molecule has 4 aliphatic carbocycles. The van der Waals surface area contributed by atoms with Crippen LogP contribution in [0.3, 0.4) is 0 Å². The van der Waals surface area contributed by atoms with Crippen molar-refractivity contribution in [2.45, 2.75) is 75.8 Å². The van der Waals surface area contributed by atoms with Crippen LogP contribution < -0.4 is 20.1 Å². The Morgan fingerprint density at radius 1 is 0.981 bits per heavy atom. The second kappa shape index (κ2) is 13.8. The van der Waals surface area contributed by atoms with Crippen LogP contribution in [-0.2, 0) is 38.8 Å². The number of hydrogen-bond donors (Lipinski definition) is 3. The van der Waals surface area contributed by atoms with Gasteiger partial charge >= 0.3 is 5.97 Å². The number of sulfonamides is 1. The van der Waals surface area contributed by atoms with E-state index in [2.05, 4.69) is 27.1 Å². The molecule has 53 heavy (non-hydrogen) atoms. The molecule has 3 N–H and O–H groups in total. The second-order valence-corrected chi connectivity index (χ2v) is 17.5. The summed E-state index contributed by atoms with van der Waals surface area (Å²) in [6, 6.07) is 12.4. The Morgan fingerprint density at radius 2 is 1.68 bits per heavy atom. The van der Waals surface area contributed by atoms with Crippen LogP contribution >= 0.6 is 0 Å². The van der Waals surface area contributed by atoms with E-state index in [9.17, 15) is 27.6 Å². The van der Waals surface area contributed by atoms with Gasteiger partial charge in [-0.05, 0) is 79.0 Å². The Morgan fingerprint density at radius 3 is 2.36 bits per heavy atom. The quantitative estimate of drug-likeness (QED) is 0.252. The molecule has 3 amide bonds. The summed E-state index contributed by atoms with van der Waals surface area (Å²) >= 11 is 0. The number of oxime groups is 1. The van der Waals surface area contributed by atoms with Crippen molar-refractivity contribution in [1.82, 2.24) is 15.4 Å². The van der Waals surface area contributed by atoms with E-state index in [1.165, 1.54) is 6.08 Å². The Hall–Kier alpha value is -4.98. The zero-order valence-electron chi connectivity index (χ0n) is 29.9. The van der Waals surface area contributed by atoms with Crippen LogP contribution in [-0.4, -0.2) is 74.0 Å². The molecule has 6 atom stereocenters. The molecule has 3 saturated carbocycles. The van der Waals surface area contributed by atoms with Crippen LogP contribution in [0.1, 0.15) is 64.0 Å². The average molecular weight is 745 g/mol. The van der Waals surface area contributed by atoms with Gasteiger partial charge < -0.3 is 24.9 Å². The molecule has 2 aromatic carbocycles. The van der Waals surface area contributed by atoms with E-state index in [0.717, 1.165) is 22.3 Å². The second-order valence-electron chi connectivity index (χ2n) is 15.5. The zero-order chi connectivity index (χ0) is 37.7. The highest BCUT2D eigenvalue weighted by molar-refractivity contribution is 7.91. The van der Waals surface area contributed by atoms with Gasteiger partial charge in [0.15, 0.2) is 0 Å². The lowest BCUT2D eigenvalue weighted by Gasteiger charge is -2.31. The maximum absolute atomic E-state index is 14.2. The summed E-state index contributed by atoms with van der Waals surface area (Å²) in [6.45, 7) is 9.33. The van der Waals surface area contributed by atoms with Gasteiger partial charge in [-0.1, -0.05) is 56.3 Å². The normalized spacial score (nSPS) is 29.9. The molecule has 2 aromatic rings. The topological polar surface area (TPSA) is 179 Å². The van der Waals surface area contributed by atoms with E-state index in [4.69, 9.17) is 14.3 Å². The fourth-order valence-corrected chi connectivity index (χ4v) is 8.76. The molecule has 5 aliphatic rings. The Bertz CT molecular complexity index is 2030. The van der Waals surface area contributed by atoms with Gasteiger partial charge in [0.1, 0.15) is 42.4 Å². The van der Waals surface area contributed by atoms with Gasteiger partial charge in [0.25, 0.3) is 5.91 Å². The number of fused-ring (bicyclic) bond motifs is 6. The number of rotatable bonds is 6. The molecule has 7 rings (SSSR count). The first kappa shape index (κ1) is 36.4. The Kier molecular flexibility index (Phi) is 9.46. The first-order valence-electron chi connectivity index (χ1n) is 18.0. The number of nitrogens with one attached hydrogen (secondary N) is 3. The fourth-order valence-electron chi connectivity index (χ4n) is 7.40. The number of hydrogen-bond acceptors (Lipinski definition) is 10. The van der Waals surface area contributed by atoms with E-state index in [0.29, 0.717) is 24.3 Å². The van der Waals surface area contributed by atoms with Crippen molar-refractivity contribution < 1.29 is 41.9 Å². The van der Waals surface area contributed by atoms with Gasteiger partial charge in [0.2, 0.25) is 21.8 Å². The number of esters is 1. The lowest BCUT2D eigenvalue weighted by molar-refractivity contribution is -0.150. The number of amides is 3. The van der Waals surface area contributed by atoms with Crippen molar-refractivity contribution in [1.29, 1.82) is 0 Å². The molecule has 13 nitrogen and oxygen atoms in total. The van der Waals surface area contributed by atoms with Crippen molar-refractivity contribution >= 4 is 39.4 Å². The number of carbonyl (C=O) groups excluding carboxylic acids is 4. The molecule has 1 aliphatic heterocycles. The van der Waals surface area contributed by atoms with Crippen molar-refractivity contribution in [2.75, 3.05) is 13.2 Å². The Labute approximate surface area is 308 Å². The van der Waals surface area contributed by atoms with Crippen LogP contribution in [0.4, 0.5) is 0 Å². The lowest BCUT2D eigenvalue weighted by Crippen LogP contribution is -2.55. The maximum Gasteiger partial charge on any atom is 0.329 e. The number of benzene rings is 2. The smallest absolute Gasteiger partial charge is 0.329 e. The highest BCUT2D eigenvalue weighted by Crippen LogP contribution is 2.47. The van der Waals surface area contributed by atoms with Crippen LogP contribution in [0.2, 0.25) is 0 Å². The van der Waals surface area contributed by atoms with Gasteiger partial charge in [-0.15, -0.1) is 6.58 Å². The van der Waals surface area contributed by atoms with Crippen LogP contribution in [0.15, 0.2) is 72.4 Å². The number of carbonyl (C=O) groups is 4. The summed E-state index contributed by atoms with van der Waals surface area (Å²) in [5.74, 6) is -4.56. The van der Waals surface area contributed by atoms with Crippen LogP contribution in [0.25, 0.3) is 11.1 Å². The highest BCUT2D eigenvalue weighted by atomic mass is 32.2. The largest absolute Gasteiger partial charge is 0.490 e. The van der Waals surface area contributed by atoms with Gasteiger partial charge in [-0.3, -0.25) is 19.1 Å². The maximum atomic E-state index is 14.2. The van der Waals surface area contributed by atoms with Crippen molar-refractivity contribution in [3.8, 4) is 16.9 Å². The molecule has 0 unspecified atom stereocenters. The van der Waals surface area contributed by atoms with E-state index >= 15 is 0 Å². The molecular formula is C39H44N4O9S. The fraction of sp³-hybridized carbons (Fsp3) is 0.462. The summed E-state index contributed by atoms with van der Waals surface area (Å²) in [4.78, 5) is 61.3. The van der Waals surface area contributed by atoms with E-state index < -0.39 is 79.8 Å². The van der Waals surface area contributed by atoms with Gasteiger partial charge in [-0.25, -0.2) is 13.2 Å². The summed E-state index contributed by atoms with van der Waals surface area (Å²) < 4.78 is 39.0. The van der Waals surface area contributed by atoms with Gasteiger partial charge in [0.05, 0.1) is 17.1 Å². The Balaban J connectivity index is 1.21. The van der Waals surface area contributed by atoms with Crippen LogP contribution in [0, 0.1) is 23.2 Å². The third kappa shape index (κ3) is 7.20. The number of cyclic esters (lactones) is 1. The predicted molar refractivity (Wildman–Crippen MR) is 195 cm³/mol. The molecule has 0 radical (unpaired) electrons. The molecule has 0 spiro atoms. The van der Waals surface area contributed by atoms with E-state index in [1.807, 2.05) is 42.5 Å². The van der Waals surface area contributed by atoms with Gasteiger partial charge in [-0.2, -0.15) is 0 Å². The van der Waals surface area contributed by atoms with E-state index in [-0.39, 0.29) is 32.5 Å². The zero-order valence-corrected chi connectivity index (χ0v) is 30.7. The summed E-state index contributed by atoms with van der Waals surface area (Å²) in [7, 11) is -3.89. The van der Waals surface area contributed by atoms with Crippen molar-refractivity contribution in [3.63, 3.8) is 0 Å². The minimum atomic E-state index is -3.89. The first-order chi connectivity index (χ1) is 25.2. The molecule has 1 heterocycles. The first-order valence-corrected chi connectivity index (χ1v) is 19.5. The third-order valence-electron chi connectivity index (χ3n) is 10.7. The highest BCUT2D eigenvalue weighted by Gasteiger charge is 2.62. The lowest BCUT2D eigenvalue weighted by atomic mass is 9.85. The minimum absolute atomic E-state index is 0.0452. The molecule has 0 saturated heterocycles. The minimum Gasteiger partial charge on any atom is -0.490 e. The SMILES string of the molecule is C=C[C@H]1C[C@]1(NC(=O)[C@@H]1C[C@@H]2C[C@H]1C(=O)N[C@H](C(C)(C)C)C(=O)OC/C=C\COc1ccc3c(c1)/C(=N/O2)c1ccccc1-3)C(=O)NS(=O)(=O)C1CC1. The number of ether oxygens (including phenoxy) is 2. The standard InChI is InChI=1S/C39H44N4O9S/c1-5-22-21-39(22,37(47)43-53(48,49)25-13-14-25)41-35(45)31-20-24-19-30(31)34(44)40-33(38(2,3)4)36(46)51-17-9-8-16-50-23-12-15-27-26-10-6-7-11-28(26)32(42-52-24)29(27)18-23/h5-12,15,18,22,24-25,30-31,33H,1,13-14,16-17,19-21H2,2-4H3,(H,40,44)(H,41,45)(H,43,47)/b9-8-,42-32+/t22-,24-,30+,31+,33-,39+/m0/s1. The molecule has 280 valence electrons. The summed E-state index contributed by atoms with van der Waals surface area (Å²) in [5, 5.41) is 9.63. The van der Waals surface area contributed by atoms with E-state index in [1.54, 1.807) is 32.9 Å². The van der Waals surface area contributed by atoms with Crippen LogP contribution in [0.5, 0.6) is 5.75 Å². The molecule has 0 aromatic heterocycles. The number of nitrogens with zero attached hydrogens (tertiary/aromatic N) is 1. The third-order valence-corrected chi connectivity index (χ3v) is 12.5. The molecule has 4 bridgehead atoms.